The van der Waals surface area contributed by atoms with Crippen LogP contribution in [0.4, 0.5) is 11.4 Å². The highest BCUT2D eigenvalue weighted by Gasteiger charge is 2.30. The number of benzene rings is 1. The second kappa shape index (κ2) is 6.83. The van der Waals surface area contributed by atoms with Crippen molar-refractivity contribution in [3.8, 4) is 0 Å². The first-order chi connectivity index (χ1) is 9.73. The number of nitrogen functional groups attached to an aromatic ring is 1. The highest BCUT2D eigenvalue weighted by molar-refractivity contribution is 7.89. The normalized spacial score (nSPS) is 13.2. The summed E-state index contributed by atoms with van der Waals surface area (Å²) in [7, 11) is -2.55. The van der Waals surface area contributed by atoms with E-state index in [2.05, 4.69) is 5.43 Å². The molecule has 0 fully saturated rings. The van der Waals surface area contributed by atoms with Gasteiger partial charge in [-0.1, -0.05) is 20.3 Å². The number of rotatable bonds is 7. The molecule has 0 spiro atoms. The third-order valence-corrected chi connectivity index (χ3v) is 5.13. The number of hydrogen-bond donors (Lipinski definition) is 2. The summed E-state index contributed by atoms with van der Waals surface area (Å²) in [5.74, 6) is 5.39. The quantitative estimate of drug-likeness (QED) is 0.447. The van der Waals surface area contributed by atoms with Crippen molar-refractivity contribution in [1.82, 2.24) is 4.31 Å². The number of nitro groups is 1. The van der Waals surface area contributed by atoms with E-state index in [1.165, 1.54) is 19.2 Å². The van der Waals surface area contributed by atoms with Gasteiger partial charge in [0.2, 0.25) is 10.0 Å². The van der Waals surface area contributed by atoms with Gasteiger partial charge in [-0.2, -0.15) is 0 Å². The predicted molar refractivity (Wildman–Crippen MR) is 80.2 cm³/mol. The number of sulfonamides is 1. The molecule has 0 radical (unpaired) electrons. The van der Waals surface area contributed by atoms with E-state index in [-0.39, 0.29) is 23.0 Å². The van der Waals surface area contributed by atoms with E-state index in [4.69, 9.17) is 5.84 Å². The minimum absolute atomic E-state index is 0.152. The van der Waals surface area contributed by atoms with Crippen molar-refractivity contribution in [3.05, 3.63) is 28.3 Å². The monoisotopic (exact) mass is 316 g/mol. The topological polar surface area (TPSA) is 119 Å². The van der Waals surface area contributed by atoms with Crippen molar-refractivity contribution in [2.45, 2.75) is 25.2 Å². The third kappa shape index (κ3) is 3.90. The van der Waals surface area contributed by atoms with Crippen LogP contribution in [0, 0.1) is 16.0 Å². The van der Waals surface area contributed by atoms with Crippen LogP contribution in [0.5, 0.6) is 0 Å². The molecule has 118 valence electrons. The number of hydrogen-bond acceptors (Lipinski definition) is 6. The lowest BCUT2D eigenvalue weighted by molar-refractivity contribution is -0.387. The van der Waals surface area contributed by atoms with Crippen molar-refractivity contribution >= 4 is 21.4 Å². The fourth-order valence-electron chi connectivity index (χ4n) is 1.80. The summed E-state index contributed by atoms with van der Waals surface area (Å²) in [5.41, 5.74) is 2.11. The fourth-order valence-corrected chi connectivity index (χ4v) is 3.26. The molecule has 1 unspecified atom stereocenters. The van der Waals surface area contributed by atoms with Gasteiger partial charge in [-0.25, -0.2) is 12.7 Å². The molecule has 1 aromatic rings. The van der Waals surface area contributed by atoms with Gasteiger partial charge in [0.25, 0.3) is 5.69 Å². The highest BCUT2D eigenvalue weighted by atomic mass is 32.2. The van der Waals surface area contributed by atoms with Crippen LogP contribution in [-0.4, -0.2) is 31.2 Å². The Labute approximate surface area is 124 Å². The molecule has 0 aliphatic carbocycles. The molecule has 0 heterocycles. The summed E-state index contributed by atoms with van der Waals surface area (Å²) in [5, 5.41) is 11.0. The molecule has 0 amide bonds. The van der Waals surface area contributed by atoms with Crippen LogP contribution in [0.15, 0.2) is 23.1 Å². The molecular formula is C12H20N4O4S. The second-order valence-electron chi connectivity index (χ2n) is 4.88. The number of nitrogens with zero attached hydrogens (tertiary/aromatic N) is 2. The first kappa shape index (κ1) is 17.3. The summed E-state index contributed by atoms with van der Waals surface area (Å²) >= 11 is 0. The molecule has 0 aliphatic rings. The van der Waals surface area contributed by atoms with E-state index in [1.54, 1.807) is 0 Å². The Balaban J connectivity index is 3.31. The zero-order valence-corrected chi connectivity index (χ0v) is 13.1. The molecule has 0 aromatic heterocycles. The largest absolute Gasteiger partial charge is 0.324 e. The molecule has 1 atom stereocenters. The van der Waals surface area contributed by atoms with Crippen LogP contribution in [-0.2, 0) is 10.0 Å². The molecule has 8 nitrogen and oxygen atoms in total. The Kier molecular flexibility index (Phi) is 5.64. The fraction of sp³-hybridized carbons (Fsp3) is 0.500. The van der Waals surface area contributed by atoms with Gasteiger partial charge in [-0.3, -0.25) is 16.0 Å². The maximum absolute atomic E-state index is 12.5. The van der Waals surface area contributed by atoms with Gasteiger partial charge in [0.15, 0.2) is 4.90 Å². The minimum Gasteiger partial charge on any atom is -0.324 e. The van der Waals surface area contributed by atoms with E-state index in [9.17, 15) is 18.5 Å². The zero-order chi connectivity index (χ0) is 16.2. The van der Waals surface area contributed by atoms with Gasteiger partial charge in [0.1, 0.15) is 0 Å². The molecule has 1 rings (SSSR count). The van der Waals surface area contributed by atoms with Crippen LogP contribution in [0.1, 0.15) is 20.3 Å². The molecule has 21 heavy (non-hydrogen) atoms. The summed E-state index contributed by atoms with van der Waals surface area (Å²) in [6, 6.07) is 3.64. The third-order valence-electron chi connectivity index (χ3n) is 3.28. The van der Waals surface area contributed by atoms with Gasteiger partial charge in [0.05, 0.1) is 10.6 Å². The average molecular weight is 316 g/mol. The number of nitrogens with two attached hydrogens (primary N) is 1. The molecule has 9 heteroatoms. The van der Waals surface area contributed by atoms with Gasteiger partial charge in [-0.05, 0) is 18.1 Å². The molecule has 3 N–H and O–H groups in total. The highest BCUT2D eigenvalue weighted by Crippen LogP contribution is 2.29. The van der Waals surface area contributed by atoms with Crippen LogP contribution in [0.2, 0.25) is 0 Å². The Morgan fingerprint density at radius 2 is 2.10 bits per heavy atom. The standard InChI is InChI=1S/C12H20N4O4S/c1-4-9(2)8-15(3)21(19,20)12-7-10(14-13)5-6-11(12)16(17)18/h5-7,9,14H,4,8,13H2,1-3H3. The van der Waals surface area contributed by atoms with Gasteiger partial charge >= 0.3 is 0 Å². The molecule has 0 bridgehead atoms. The zero-order valence-electron chi connectivity index (χ0n) is 12.2. The lowest BCUT2D eigenvalue weighted by Crippen LogP contribution is -2.31. The Hall–Kier alpha value is -1.71. The first-order valence-corrected chi connectivity index (χ1v) is 7.89. The van der Waals surface area contributed by atoms with Gasteiger partial charge in [0, 0.05) is 19.7 Å². The lowest BCUT2D eigenvalue weighted by Gasteiger charge is -2.20. The lowest BCUT2D eigenvalue weighted by atomic mass is 10.1. The molecular weight excluding hydrogens is 296 g/mol. The Bertz CT molecular complexity index is 618. The maximum atomic E-state index is 12.5. The predicted octanol–water partition coefficient (Wildman–Crippen LogP) is 1.55. The van der Waals surface area contributed by atoms with Crippen molar-refractivity contribution in [2.75, 3.05) is 19.0 Å². The van der Waals surface area contributed by atoms with Gasteiger partial charge in [-0.15, -0.1) is 0 Å². The summed E-state index contributed by atoms with van der Waals surface area (Å²) < 4.78 is 26.2. The van der Waals surface area contributed by atoms with Gasteiger partial charge < -0.3 is 5.43 Å². The van der Waals surface area contributed by atoms with E-state index < -0.39 is 20.6 Å². The van der Waals surface area contributed by atoms with Crippen LogP contribution < -0.4 is 11.3 Å². The number of nitro benzene ring substituents is 1. The second-order valence-corrected chi connectivity index (χ2v) is 6.90. The van der Waals surface area contributed by atoms with Crippen molar-refractivity contribution in [1.29, 1.82) is 0 Å². The summed E-state index contributed by atoms with van der Waals surface area (Å²) in [4.78, 5) is 9.96. The smallest absolute Gasteiger partial charge is 0.289 e. The van der Waals surface area contributed by atoms with Crippen molar-refractivity contribution in [2.24, 2.45) is 11.8 Å². The van der Waals surface area contributed by atoms with E-state index in [0.717, 1.165) is 16.8 Å². The summed E-state index contributed by atoms with van der Waals surface area (Å²) in [6.45, 7) is 4.15. The summed E-state index contributed by atoms with van der Waals surface area (Å²) in [6.07, 6.45) is 0.812. The van der Waals surface area contributed by atoms with Crippen LogP contribution in [0.25, 0.3) is 0 Å². The Morgan fingerprint density at radius 3 is 2.57 bits per heavy atom. The van der Waals surface area contributed by atoms with E-state index in [0.29, 0.717) is 0 Å². The maximum Gasteiger partial charge on any atom is 0.289 e. The average Bonchev–Trinajstić information content (AvgIpc) is 2.45. The number of nitrogens with one attached hydrogen (secondary N) is 1. The Morgan fingerprint density at radius 1 is 1.48 bits per heavy atom. The minimum atomic E-state index is -3.96. The SMILES string of the molecule is CCC(C)CN(C)S(=O)(=O)c1cc(NN)ccc1[N+](=O)[O-]. The van der Waals surface area contributed by atoms with E-state index >= 15 is 0 Å². The van der Waals surface area contributed by atoms with E-state index in [1.807, 2.05) is 13.8 Å². The molecule has 1 aromatic carbocycles. The van der Waals surface area contributed by atoms with Crippen molar-refractivity contribution < 1.29 is 13.3 Å². The molecule has 0 saturated heterocycles. The molecule has 0 aliphatic heterocycles. The number of hydrazine groups is 1. The number of anilines is 1. The van der Waals surface area contributed by atoms with Crippen LogP contribution in [0.3, 0.4) is 0 Å². The van der Waals surface area contributed by atoms with Crippen molar-refractivity contribution in [3.63, 3.8) is 0 Å². The van der Waals surface area contributed by atoms with Crippen LogP contribution >= 0.6 is 0 Å². The molecule has 0 saturated carbocycles. The first-order valence-electron chi connectivity index (χ1n) is 6.45.